The van der Waals surface area contributed by atoms with E-state index < -0.39 is 5.60 Å². The van der Waals surface area contributed by atoms with Gasteiger partial charge in [-0.1, -0.05) is 48.6 Å². The van der Waals surface area contributed by atoms with E-state index in [9.17, 15) is 4.79 Å². The van der Waals surface area contributed by atoms with Crippen molar-refractivity contribution in [2.24, 2.45) is 0 Å². The highest BCUT2D eigenvalue weighted by Gasteiger charge is 2.21. The summed E-state index contributed by atoms with van der Waals surface area (Å²) in [6.07, 6.45) is 8.98. The molecule has 0 amide bonds. The third-order valence-electron chi connectivity index (χ3n) is 2.96. The first-order chi connectivity index (χ1) is 9.53. The van der Waals surface area contributed by atoms with Gasteiger partial charge in [0.25, 0.3) is 0 Å². The van der Waals surface area contributed by atoms with Crippen molar-refractivity contribution in [3.05, 3.63) is 60.7 Å². The predicted octanol–water partition coefficient (Wildman–Crippen LogP) is 4.46. The second kappa shape index (κ2) is 8.36. The molecule has 0 heterocycles. The monoisotopic (exact) mass is 272 g/mol. The number of carbonyl (C=O) groups excluding carboxylic acids is 1. The van der Waals surface area contributed by atoms with Crippen LogP contribution in [0.25, 0.3) is 0 Å². The molecule has 0 bridgehead atoms. The number of rotatable bonds is 8. The largest absolute Gasteiger partial charge is 0.459 e. The van der Waals surface area contributed by atoms with Crippen molar-refractivity contribution >= 4 is 5.97 Å². The first-order valence-electron chi connectivity index (χ1n) is 7.05. The van der Waals surface area contributed by atoms with Crippen molar-refractivity contribution in [3.8, 4) is 0 Å². The zero-order valence-electron chi connectivity index (χ0n) is 12.5. The predicted molar refractivity (Wildman–Crippen MR) is 83.5 cm³/mol. The lowest BCUT2D eigenvalue weighted by Crippen LogP contribution is -2.28. The standard InChI is InChI=1S/C18H24O2/c1-4-5-6-7-11-14-18(2,3)20-17(19)15-16-12-9-8-10-13-16/h4,6-10,12-13H,1,5,11,14-15H2,2-3H3/b7-6+. The summed E-state index contributed by atoms with van der Waals surface area (Å²) in [6.45, 7) is 7.58. The van der Waals surface area contributed by atoms with Gasteiger partial charge in [-0.3, -0.25) is 4.79 Å². The summed E-state index contributed by atoms with van der Waals surface area (Å²) in [5.41, 5.74) is 0.559. The van der Waals surface area contributed by atoms with E-state index in [2.05, 4.69) is 18.7 Å². The average Bonchev–Trinajstić information content (AvgIpc) is 2.38. The van der Waals surface area contributed by atoms with Gasteiger partial charge in [-0.25, -0.2) is 0 Å². The van der Waals surface area contributed by atoms with Gasteiger partial charge in [-0.2, -0.15) is 0 Å². The van der Waals surface area contributed by atoms with Gasteiger partial charge in [0, 0.05) is 0 Å². The molecular formula is C18H24O2. The summed E-state index contributed by atoms with van der Waals surface area (Å²) in [4.78, 5) is 11.9. The van der Waals surface area contributed by atoms with E-state index in [1.54, 1.807) is 0 Å². The minimum absolute atomic E-state index is 0.170. The molecule has 1 aromatic carbocycles. The van der Waals surface area contributed by atoms with E-state index in [4.69, 9.17) is 4.74 Å². The van der Waals surface area contributed by atoms with Gasteiger partial charge in [0.1, 0.15) is 5.60 Å². The maximum Gasteiger partial charge on any atom is 0.310 e. The zero-order chi connectivity index (χ0) is 14.8. The second-order valence-corrected chi connectivity index (χ2v) is 5.43. The Morgan fingerprint density at radius 2 is 1.95 bits per heavy atom. The summed E-state index contributed by atoms with van der Waals surface area (Å²) >= 11 is 0. The molecule has 0 radical (unpaired) electrons. The Morgan fingerprint density at radius 3 is 2.60 bits per heavy atom. The Labute approximate surface area is 122 Å². The fourth-order valence-electron chi connectivity index (χ4n) is 1.90. The van der Waals surface area contributed by atoms with E-state index in [0.717, 1.165) is 24.8 Å². The van der Waals surface area contributed by atoms with Crippen molar-refractivity contribution in [2.75, 3.05) is 0 Å². The number of hydrogen-bond donors (Lipinski definition) is 0. The van der Waals surface area contributed by atoms with Gasteiger partial charge in [0.05, 0.1) is 6.42 Å². The van der Waals surface area contributed by atoms with Crippen LogP contribution < -0.4 is 0 Å². The molecule has 0 aliphatic heterocycles. The quantitative estimate of drug-likeness (QED) is 0.516. The van der Waals surface area contributed by atoms with E-state index in [1.165, 1.54) is 0 Å². The number of esters is 1. The Balaban J connectivity index is 2.37. The van der Waals surface area contributed by atoms with Crippen LogP contribution in [-0.2, 0) is 16.0 Å². The van der Waals surface area contributed by atoms with Crippen LogP contribution in [-0.4, -0.2) is 11.6 Å². The van der Waals surface area contributed by atoms with Crippen molar-refractivity contribution in [2.45, 2.75) is 45.1 Å². The molecular weight excluding hydrogens is 248 g/mol. The van der Waals surface area contributed by atoms with Crippen LogP contribution in [0.15, 0.2) is 55.1 Å². The number of carbonyl (C=O) groups is 1. The van der Waals surface area contributed by atoms with Crippen LogP contribution in [0.1, 0.15) is 38.7 Å². The molecule has 0 aliphatic carbocycles. The van der Waals surface area contributed by atoms with Crippen molar-refractivity contribution in [3.63, 3.8) is 0 Å². The topological polar surface area (TPSA) is 26.3 Å². The van der Waals surface area contributed by atoms with Crippen molar-refractivity contribution in [1.29, 1.82) is 0 Å². The maximum atomic E-state index is 11.9. The maximum absolute atomic E-state index is 11.9. The number of allylic oxidation sites excluding steroid dienone is 3. The summed E-state index contributed by atoms with van der Waals surface area (Å²) in [7, 11) is 0. The zero-order valence-corrected chi connectivity index (χ0v) is 12.5. The Hall–Kier alpha value is -1.83. The minimum atomic E-state index is -0.426. The lowest BCUT2D eigenvalue weighted by molar-refractivity contribution is -0.156. The molecule has 0 spiro atoms. The normalized spacial score (nSPS) is 11.5. The summed E-state index contributed by atoms with van der Waals surface area (Å²) in [5, 5.41) is 0. The van der Waals surface area contributed by atoms with Gasteiger partial charge in [-0.05, 0) is 38.7 Å². The molecule has 0 aromatic heterocycles. The number of ether oxygens (including phenoxy) is 1. The molecule has 0 aliphatic rings. The average molecular weight is 272 g/mol. The van der Waals surface area contributed by atoms with Crippen LogP contribution >= 0.6 is 0 Å². The molecule has 0 unspecified atom stereocenters. The third-order valence-corrected chi connectivity index (χ3v) is 2.96. The highest BCUT2D eigenvalue weighted by atomic mass is 16.6. The molecule has 2 heteroatoms. The molecule has 20 heavy (non-hydrogen) atoms. The number of benzene rings is 1. The van der Waals surface area contributed by atoms with Gasteiger partial charge >= 0.3 is 5.97 Å². The molecule has 2 nitrogen and oxygen atoms in total. The number of hydrogen-bond acceptors (Lipinski definition) is 2. The molecule has 0 saturated heterocycles. The summed E-state index contributed by atoms with van der Waals surface area (Å²) in [6, 6.07) is 9.67. The molecule has 108 valence electrons. The van der Waals surface area contributed by atoms with Crippen LogP contribution in [0.2, 0.25) is 0 Å². The second-order valence-electron chi connectivity index (χ2n) is 5.43. The van der Waals surface area contributed by atoms with Gasteiger partial charge in [-0.15, -0.1) is 6.58 Å². The molecule has 0 fully saturated rings. The summed E-state index contributed by atoms with van der Waals surface area (Å²) in [5.74, 6) is -0.170. The Kier molecular flexibility index (Phi) is 6.78. The van der Waals surface area contributed by atoms with Crippen molar-refractivity contribution in [1.82, 2.24) is 0 Å². The smallest absolute Gasteiger partial charge is 0.310 e. The van der Waals surface area contributed by atoms with Crippen LogP contribution in [0.4, 0.5) is 0 Å². The molecule has 1 rings (SSSR count). The first-order valence-corrected chi connectivity index (χ1v) is 7.05. The third kappa shape index (κ3) is 6.93. The van der Waals surface area contributed by atoms with E-state index >= 15 is 0 Å². The lowest BCUT2D eigenvalue weighted by Gasteiger charge is -2.24. The molecule has 0 atom stereocenters. The van der Waals surface area contributed by atoms with Crippen LogP contribution in [0.3, 0.4) is 0 Å². The lowest BCUT2D eigenvalue weighted by atomic mass is 10.0. The molecule has 1 aromatic rings. The van der Waals surface area contributed by atoms with Gasteiger partial charge in [0.2, 0.25) is 0 Å². The highest BCUT2D eigenvalue weighted by Crippen LogP contribution is 2.18. The van der Waals surface area contributed by atoms with E-state index in [-0.39, 0.29) is 5.97 Å². The Bertz CT molecular complexity index is 444. The minimum Gasteiger partial charge on any atom is -0.459 e. The highest BCUT2D eigenvalue weighted by molar-refractivity contribution is 5.72. The first kappa shape index (κ1) is 16.2. The van der Waals surface area contributed by atoms with Gasteiger partial charge < -0.3 is 4.74 Å². The van der Waals surface area contributed by atoms with Crippen LogP contribution in [0.5, 0.6) is 0 Å². The van der Waals surface area contributed by atoms with Crippen molar-refractivity contribution < 1.29 is 9.53 Å². The molecule has 0 saturated carbocycles. The fraction of sp³-hybridized carbons (Fsp3) is 0.389. The fourth-order valence-corrected chi connectivity index (χ4v) is 1.90. The van der Waals surface area contributed by atoms with E-state index in [0.29, 0.717) is 6.42 Å². The van der Waals surface area contributed by atoms with Gasteiger partial charge in [0.15, 0.2) is 0 Å². The Morgan fingerprint density at radius 1 is 1.25 bits per heavy atom. The molecule has 0 N–H and O–H groups in total. The SMILES string of the molecule is C=CC/C=C/CCC(C)(C)OC(=O)Cc1ccccc1. The van der Waals surface area contributed by atoms with Crippen LogP contribution in [0, 0.1) is 0 Å². The van der Waals surface area contributed by atoms with E-state index in [1.807, 2.05) is 50.3 Å². The summed E-state index contributed by atoms with van der Waals surface area (Å²) < 4.78 is 5.56.